The van der Waals surface area contributed by atoms with Crippen LogP contribution in [0, 0.1) is 46.3 Å². The Kier molecular flexibility index (Phi) is 12.5. The number of rotatable bonds is 14. The van der Waals surface area contributed by atoms with Gasteiger partial charge in [0.25, 0.3) is 0 Å². The zero-order chi connectivity index (χ0) is 33.9. The topological polar surface area (TPSA) is 97.1 Å². The van der Waals surface area contributed by atoms with E-state index in [9.17, 15) is 9.59 Å². The average Bonchev–Trinajstić information content (AvgIpc) is 3.33. The molecule has 3 saturated carbocycles. The monoisotopic (exact) mass is 645 g/mol. The third-order valence-corrected chi connectivity index (χ3v) is 12.5. The summed E-state index contributed by atoms with van der Waals surface area (Å²) in [6.45, 7) is 20.0. The molecule has 0 spiro atoms. The van der Waals surface area contributed by atoms with E-state index in [0.29, 0.717) is 5.41 Å². The van der Waals surface area contributed by atoms with E-state index in [4.69, 9.17) is 24.7 Å². The van der Waals surface area contributed by atoms with Crippen molar-refractivity contribution >= 4 is 11.9 Å². The highest BCUT2D eigenvalue weighted by Gasteiger charge is 2.59. The van der Waals surface area contributed by atoms with Crippen molar-refractivity contribution in [3.63, 3.8) is 0 Å². The van der Waals surface area contributed by atoms with E-state index in [1.165, 1.54) is 56.9 Å². The van der Waals surface area contributed by atoms with Gasteiger partial charge in [0.1, 0.15) is 17.7 Å². The Labute approximate surface area is 280 Å². The molecule has 0 radical (unpaired) electrons. The van der Waals surface area contributed by atoms with Gasteiger partial charge in [0.05, 0.1) is 19.8 Å². The molecule has 2 N–H and O–H groups in total. The van der Waals surface area contributed by atoms with Crippen molar-refractivity contribution in [1.82, 2.24) is 0 Å². The fourth-order valence-corrected chi connectivity index (χ4v) is 10.0. The van der Waals surface area contributed by atoms with Crippen molar-refractivity contribution in [2.45, 2.75) is 157 Å². The van der Waals surface area contributed by atoms with E-state index < -0.39 is 23.7 Å². The van der Waals surface area contributed by atoms with Crippen LogP contribution in [0.2, 0.25) is 0 Å². The zero-order valence-electron chi connectivity index (χ0n) is 30.7. The standard InChI is InChI=1S/C39H67NO6/c1-25(2)11-10-12-26(3)31-15-16-32-30-14-13-28-23-29(17-19-38(28,8)33(30)18-20-39(31,32)9)45-35(41)27(4)44-22-21-43-24-34(40)36(42)46-37(5,6)7/h13,25-27,29-34H,10-12,14-24,40H2,1-9H3/t26-,27?,29+,30+,31-,32+,33+,34?,38+,39-/m1/s1. The molecule has 0 heterocycles. The normalized spacial score (nSPS) is 34.5. The lowest BCUT2D eigenvalue weighted by molar-refractivity contribution is -0.164. The summed E-state index contributed by atoms with van der Waals surface area (Å²) in [7, 11) is 0. The Balaban J connectivity index is 1.23. The predicted octanol–water partition coefficient (Wildman–Crippen LogP) is 8.03. The summed E-state index contributed by atoms with van der Waals surface area (Å²) >= 11 is 0. The van der Waals surface area contributed by atoms with Crippen LogP contribution >= 0.6 is 0 Å². The van der Waals surface area contributed by atoms with E-state index in [2.05, 4.69) is 40.7 Å². The maximum absolute atomic E-state index is 12.9. The largest absolute Gasteiger partial charge is 0.460 e. The van der Waals surface area contributed by atoms with Crippen molar-refractivity contribution in [3.8, 4) is 0 Å². The van der Waals surface area contributed by atoms with Crippen molar-refractivity contribution in [3.05, 3.63) is 11.6 Å². The second-order valence-electron chi connectivity index (χ2n) is 17.3. The number of hydrogen-bond donors (Lipinski definition) is 1. The summed E-state index contributed by atoms with van der Waals surface area (Å²) < 4.78 is 22.5. The molecule has 2 unspecified atom stereocenters. The van der Waals surface area contributed by atoms with Gasteiger partial charge >= 0.3 is 11.9 Å². The summed E-state index contributed by atoms with van der Waals surface area (Å²) in [5, 5.41) is 0. The van der Waals surface area contributed by atoms with Crippen molar-refractivity contribution in [2.75, 3.05) is 19.8 Å². The summed E-state index contributed by atoms with van der Waals surface area (Å²) in [4.78, 5) is 24.9. The van der Waals surface area contributed by atoms with Gasteiger partial charge in [-0.05, 0) is 119 Å². The number of hydrogen-bond acceptors (Lipinski definition) is 7. The number of fused-ring (bicyclic) bond motifs is 5. The van der Waals surface area contributed by atoms with Gasteiger partial charge in [-0.15, -0.1) is 0 Å². The molecular weight excluding hydrogens is 578 g/mol. The number of nitrogens with two attached hydrogens (primary N) is 1. The SMILES string of the molecule is CC(C)CCC[C@@H](C)[C@H]1CC[C@H]2[C@@H]3CC=C4C[C@@H](OC(=O)C(C)OCCOCC(N)C(=O)OC(C)(C)C)CC[C@]4(C)[C@H]3CC[C@]12C. The minimum absolute atomic E-state index is 0.0348. The number of esters is 2. The Hall–Kier alpha value is -1.44. The first-order valence-electron chi connectivity index (χ1n) is 18.6. The summed E-state index contributed by atoms with van der Waals surface area (Å²) in [6, 6.07) is -0.857. The molecule has 0 aromatic rings. The first-order chi connectivity index (χ1) is 21.5. The fourth-order valence-electron chi connectivity index (χ4n) is 10.0. The second-order valence-corrected chi connectivity index (χ2v) is 17.3. The van der Waals surface area contributed by atoms with E-state index in [0.717, 1.165) is 54.8 Å². The summed E-state index contributed by atoms with van der Waals surface area (Å²) in [5.74, 6) is 4.11. The Morgan fingerprint density at radius 2 is 1.70 bits per heavy atom. The van der Waals surface area contributed by atoms with Gasteiger partial charge in [-0.1, -0.05) is 65.5 Å². The average molecular weight is 646 g/mol. The molecule has 4 aliphatic carbocycles. The highest BCUT2D eigenvalue weighted by Crippen LogP contribution is 2.67. The molecule has 0 saturated heterocycles. The number of allylic oxidation sites excluding steroid dienone is 1. The van der Waals surface area contributed by atoms with Crippen LogP contribution < -0.4 is 5.73 Å². The molecule has 4 rings (SSSR count). The molecule has 4 aliphatic rings. The molecule has 0 amide bonds. The van der Waals surface area contributed by atoms with E-state index in [-0.39, 0.29) is 37.3 Å². The predicted molar refractivity (Wildman–Crippen MR) is 183 cm³/mol. The summed E-state index contributed by atoms with van der Waals surface area (Å²) in [5.41, 5.74) is 7.52. The van der Waals surface area contributed by atoms with Gasteiger partial charge in [-0.2, -0.15) is 0 Å². The second kappa shape index (κ2) is 15.4. The molecule has 7 heteroatoms. The molecule has 3 fully saturated rings. The quantitative estimate of drug-likeness (QED) is 0.116. The maximum Gasteiger partial charge on any atom is 0.335 e. The van der Waals surface area contributed by atoms with Gasteiger partial charge in [0.2, 0.25) is 0 Å². The first-order valence-corrected chi connectivity index (χ1v) is 18.6. The van der Waals surface area contributed by atoms with Crippen LogP contribution in [0.1, 0.15) is 133 Å². The van der Waals surface area contributed by atoms with Crippen molar-refractivity contribution in [2.24, 2.45) is 52.1 Å². The molecule has 0 aliphatic heterocycles. The minimum atomic E-state index is -0.857. The molecule has 10 atom stereocenters. The molecule has 7 nitrogen and oxygen atoms in total. The van der Waals surface area contributed by atoms with Crippen LogP contribution in [0.5, 0.6) is 0 Å². The third kappa shape index (κ3) is 8.77. The van der Waals surface area contributed by atoms with Gasteiger partial charge in [-0.3, -0.25) is 4.79 Å². The van der Waals surface area contributed by atoms with Gasteiger partial charge in [0, 0.05) is 6.42 Å². The van der Waals surface area contributed by atoms with Gasteiger partial charge < -0.3 is 24.7 Å². The van der Waals surface area contributed by atoms with E-state index >= 15 is 0 Å². The number of carbonyl (C=O) groups is 2. The van der Waals surface area contributed by atoms with Crippen LogP contribution in [0.4, 0.5) is 0 Å². The van der Waals surface area contributed by atoms with Crippen LogP contribution in [0.15, 0.2) is 11.6 Å². The first kappa shape index (κ1) is 37.4. The molecule has 46 heavy (non-hydrogen) atoms. The lowest BCUT2D eigenvalue weighted by Gasteiger charge is -2.58. The summed E-state index contributed by atoms with van der Waals surface area (Å²) in [6.07, 6.45) is 15.5. The number of ether oxygens (including phenoxy) is 4. The Morgan fingerprint density at radius 1 is 0.957 bits per heavy atom. The zero-order valence-corrected chi connectivity index (χ0v) is 30.7. The highest BCUT2D eigenvalue weighted by molar-refractivity contribution is 5.76. The van der Waals surface area contributed by atoms with Crippen LogP contribution in [-0.2, 0) is 28.5 Å². The van der Waals surface area contributed by atoms with Gasteiger partial charge in [-0.25, -0.2) is 4.79 Å². The molecular formula is C39H67NO6. The third-order valence-electron chi connectivity index (χ3n) is 12.5. The Bertz CT molecular complexity index is 1070. The van der Waals surface area contributed by atoms with Crippen LogP contribution in [-0.4, -0.2) is 55.6 Å². The molecule has 0 bridgehead atoms. The molecule has 0 aromatic heterocycles. The van der Waals surface area contributed by atoms with Crippen LogP contribution in [0.25, 0.3) is 0 Å². The van der Waals surface area contributed by atoms with Crippen LogP contribution in [0.3, 0.4) is 0 Å². The Morgan fingerprint density at radius 3 is 2.39 bits per heavy atom. The smallest absolute Gasteiger partial charge is 0.335 e. The fraction of sp³-hybridized carbons (Fsp3) is 0.897. The highest BCUT2D eigenvalue weighted by atomic mass is 16.6. The van der Waals surface area contributed by atoms with E-state index in [1.807, 2.05) is 0 Å². The van der Waals surface area contributed by atoms with E-state index in [1.54, 1.807) is 27.7 Å². The van der Waals surface area contributed by atoms with Crippen molar-refractivity contribution < 1.29 is 28.5 Å². The molecule has 264 valence electrons. The lowest BCUT2D eigenvalue weighted by Crippen LogP contribution is -2.51. The maximum atomic E-state index is 12.9. The lowest BCUT2D eigenvalue weighted by atomic mass is 9.47. The van der Waals surface area contributed by atoms with Gasteiger partial charge in [0.15, 0.2) is 6.10 Å². The molecule has 0 aromatic carbocycles. The van der Waals surface area contributed by atoms with Crippen molar-refractivity contribution in [1.29, 1.82) is 0 Å². The number of carbonyl (C=O) groups excluding carboxylic acids is 2. The minimum Gasteiger partial charge on any atom is -0.460 e.